The second-order valence-corrected chi connectivity index (χ2v) is 3.82. The van der Waals surface area contributed by atoms with E-state index < -0.39 is 0 Å². The highest BCUT2D eigenvalue weighted by Crippen LogP contribution is 2.15. The van der Waals surface area contributed by atoms with Crippen molar-refractivity contribution in [3.8, 4) is 5.75 Å². The normalized spacial score (nSPS) is 9.94. The van der Waals surface area contributed by atoms with E-state index in [1.807, 2.05) is 6.92 Å². The van der Waals surface area contributed by atoms with Gasteiger partial charge in [-0.25, -0.2) is 4.79 Å². The second-order valence-electron chi connectivity index (χ2n) is 3.82. The molecule has 0 radical (unpaired) electrons. The van der Waals surface area contributed by atoms with Gasteiger partial charge < -0.3 is 20.1 Å². The Labute approximate surface area is 107 Å². The molecule has 5 nitrogen and oxygen atoms in total. The molecule has 5 heteroatoms. The lowest BCUT2D eigenvalue weighted by Crippen LogP contribution is -2.35. The van der Waals surface area contributed by atoms with Gasteiger partial charge in [0.1, 0.15) is 5.75 Å². The molecule has 0 spiro atoms. The van der Waals surface area contributed by atoms with Gasteiger partial charge in [-0.15, -0.1) is 0 Å². The first-order chi connectivity index (χ1) is 8.71. The standard InChI is InChI=1S/C13H20N2O3/c1-3-15(9-4-10-16)13(17)14-11-5-7-12(18-2)8-6-11/h5-8,16H,3-4,9-10H2,1-2H3,(H,14,17). The van der Waals surface area contributed by atoms with Crippen molar-refractivity contribution in [1.29, 1.82) is 0 Å². The van der Waals surface area contributed by atoms with Gasteiger partial charge in [-0.1, -0.05) is 0 Å². The molecule has 2 amide bonds. The molecule has 1 aromatic rings. The Bertz CT molecular complexity index is 365. The highest BCUT2D eigenvalue weighted by atomic mass is 16.5. The molecule has 0 aromatic heterocycles. The van der Waals surface area contributed by atoms with E-state index in [2.05, 4.69) is 5.32 Å². The van der Waals surface area contributed by atoms with Crippen LogP contribution in [0, 0.1) is 0 Å². The van der Waals surface area contributed by atoms with Crippen LogP contribution in [0.25, 0.3) is 0 Å². The topological polar surface area (TPSA) is 61.8 Å². The van der Waals surface area contributed by atoms with E-state index in [1.54, 1.807) is 36.3 Å². The number of aliphatic hydroxyl groups is 1. The Hall–Kier alpha value is -1.75. The number of carbonyl (C=O) groups is 1. The summed E-state index contributed by atoms with van der Waals surface area (Å²) in [7, 11) is 1.60. The highest BCUT2D eigenvalue weighted by Gasteiger charge is 2.10. The summed E-state index contributed by atoms with van der Waals surface area (Å²) >= 11 is 0. The molecule has 1 rings (SSSR count). The van der Waals surface area contributed by atoms with E-state index in [-0.39, 0.29) is 12.6 Å². The van der Waals surface area contributed by atoms with Crippen molar-refractivity contribution in [3.63, 3.8) is 0 Å². The number of nitrogens with zero attached hydrogens (tertiary/aromatic N) is 1. The third kappa shape index (κ3) is 4.25. The van der Waals surface area contributed by atoms with E-state index in [4.69, 9.17) is 9.84 Å². The minimum Gasteiger partial charge on any atom is -0.497 e. The summed E-state index contributed by atoms with van der Waals surface area (Å²) in [6.07, 6.45) is 0.587. The maximum absolute atomic E-state index is 11.9. The molecule has 0 fully saturated rings. The zero-order valence-electron chi connectivity index (χ0n) is 10.8. The highest BCUT2D eigenvalue weighted by molar-refractivity contribution is 5.89. The number of ether oxygens (including phenoxy) is 1. The molecule has 18 heavy (non-hydrogen) atoms. The van der Waals surface area contributed by atoms with Crippen molar-refractivity contribution < 1.29 is 14.6 Å². The first kappa shape index (κ1) is 14.3. The van der Waals surface area contributed by atoms with Crippen molar-refractivity contribution in [3.05, 3.63) is 24.3 Å². The largest absolute Gasteiger partial charge is 0.497 e. The Morgan fingerprint density at radius 1 is 1.39 bits per heavy atom. The third-order valence-electron chi connectivity index (χ3n) is 2.60. The summed E-state index contributed by atoms with van der Waals surface area (Å²) in [5, 5.41) is 11.6. The fraction of sp³-hybridized carbons (Fsp3) is 0.462. The fourth-order valence-electron chi connectivity index (χ4n) is 1.54. The summed E-state index contributed by atoms with van der Waals surface area (Å²) in [4.78, 5) is 13.6. The minimum atomic E-state index is -0.156. The predicted octanol–water partition coefficient (Wildman–Crippen LogP) is 1.93. The average Bonchev–Trinajstić information content (AvgIpc) is 2.40. The third-order valence-corrected chi connectivity index (χ3v) is 2.60. The lowest BCUT2D eigenvalue weighted by Gasteiger charge is -2.21. The zero-order chi connectivity index (χ0) is 13.4. The van der Waals surface area contributed by atoms with Crippen LogP contribution in [0.5, 0.6) is 5.75 Å². The maximum Gasteiger partial charge on any atom is 0.321 e. The average molecular weight is 252 g/mol. The Balaban J connectivity index is 2.55. The molecule has 100 valence electrons. The Morgan fingerprint density at radius 2 is 2.06 bits per heavy atom. The zero-order valence-corrected chi connectivity index (χ0v) is 10.8. The molecular weight excluding hydrogens is 232 g/mol. The number of anilines is 1. The van der Waals surface area contributed by atoms with E-state index in [9.17, 15) is 4.79 Å². The molecule has 0 saturated carbocycles. The molecular formula is C13H20N2O3. The maximum atomic E-state index is 11.9. The van der Waals surface area contributed by atoms with Crippen LogP contribution >= 0.6 is 0 Å². The molecule has 0 aliphatic rings. The van der Waals surface area contributed by atoms with Gasteiger partial charge in [0, 0.05) is 25.4 Å². The first-order valence-electron chi connectivity index (χ1n) is 6.02. The monoisotopic (exact) mass is 252 g/mol. The van der Waals surface area contributed by atoms with Crippen molar-refractivity contribution >= 4 is 11.7 Å². The number of aliphatic hydroxyl groups excluding tert-OH is 1. The van der Waals surface area contributed by atoms with Crippen LogP contribution in [0.4, 0.5) is 10.5 Å². The van der Waals surface area contributed by atoms with Gasteiger partial charge in [0.25, 0.3) is 0 Å². The number of nitrogens with one attached hydrogen (secondary N) is 1. The molecule has 0 saturated heterocycles. The van der Waals surface area contributed by atoms with E-state index in [0.29, 0.717) is 19.5 Å². The summed E-state index contributed by atoms with van der Waals surface area (Å²) in [5.74, 6) is 0.751. The molecule has 1 aromatic carbocycles. The van der Waals surface area contributed by atoms with E-state index in [0.717, 1.165) is 11.4 Å². The van der Waals surface area contributed by atoms with Crippen LogP contribution in [0.15, 0.2) is 24.3 Å². The second kappa shape index (κ2) is 7.55. The Kier molecular flexibility index (Phi) is 6.00. The Morgan fingerprint density at radius 3 is 2.56 bits per heavy atom. The van der Waals surface area contributed by atoms with Gasteiger partial charge in [0.2, 0.25) is 0 Å². The number of urea groups is 1. The molecule has 0 atom stereocenters. The van der Waals surface area contributed by atoms with Gasteiger partial charge in [0.05, 0.1) is 7.11 Å². The number of hydrogen-bond donors (Lipinski definition) is 2. The lowest BCUT2D eigenvalue weighted by atomic mass is 10.3. The van der Waals surface area contributed by atoms with Gasteiger partial charge in [0.15, 0.2) is 0 Å². The first-order valence-corrected chi connectivity index (χ1v) is 6.02. The van der Waals surface area contributed by atoms with Gasteiger partial charge in [-0.2, -0.15) is 0 Å². The number of rotatable bonds is 6. The number of methoxy groups -OCH3 is 1. The predicted molar refractivity (Wildman–Crippen MR) is 71.0 cm³/mol. The molecule has 0 unspecified atom stereocenters. The number of benzene rings is 1. The number of hydrogen-bond acceptors (Lipinski definition) is 3. The van der Waals surface area contributed by atoms with Crippen LogP contribution in [0.2, 0.25) is 0 Å². The summed E-state index contributed by atoms with van der Waals surface area (Å²) < 4.78 is 5.04. The van der Waals surface area contributed by atoms with Crippen LogP contribution in [0.1, 0.15) is 13.3 Å². The molecule has 0 heterocycles. The number of carbonyl (C=O) groups excluding carboxylic acids is 1. The fourth-order valence-corrected chi connectivity index (χ4v) is 1.54. The smallest absolute Gasteiger partial charge is 0.321 e. The van der Waals surface area contributed by atoms with Crippen LogP contribution in [0.3, 0.4) is 0 Å². The van der Waals surface area contributed by atoms with Crippen LogP contribution < -0.4 is 10.1 Å². The van der Waals surface area contributed by atoms with Crippen molar-refractivity contribution in [1.82, 2.24) is 4.90 Å². The van der Waals surface area contributed by atoms with Crippen molar-refractivity contribution in [2.75, 3.05) is 32.1 Å². The van der Waals surface area contributed by atoms with Crippen molar-refractivity contribution in [2.45, 2.75) is 13.3 Å². The van der Waals surface area contributed by atoms with Crippen molar-refractivity contribution in [2.24, 2.45) is 0 Å². The number of amides is 2. The summed E-state index contributed by atoms with van der Waals surface area (Å²) in [6, 6.07) is 7.00. The quantitative estimate of drug-likeness (QED) is 0.813. The SMILES string of the molecule is CCN(CCCO)C(=O)Nc1ccc(OC)cc1. The van der Waals surface area contributed by atoms with Gasteiger partial charge >= 0.3 is 6.03 Å². The van der Waals surface area contributed by atoms with E-state index >= 15 is 0 Å². The van der Waals surface area contributed by atoms with Crippen LogP contribution in [-0.2, 0) is 0 Å². The molecule has 0 aliphatic heterocycles. The lowest BCUT2D eigenvalue weighted by molar-refractivity contribution is 0.205. The van der Waals surface area contributed by atoms with Crippen LogP contribution in [-0.4, -0.2) is 42.8 Å². The van der Waals surface area contributed by atoms with E-state index in [1.165, 1.54) is 0 Å². The van der Waals surface area contributed by atoms with Gasteiger partial charge in [-0.3, -0.25) is 0 Å². The molecule has 2 N–H and O–H groups in total. The summed E-state index contributed by atoms with van der Waals surface area (Å²) in [5.41, 5.74) is 0.725. The molecule has 0 aliphatic carbocycles. The summed E-state index contributed by atoms with van der Waals surface area (Å²) in [6.45, 7) is 3.16. The van der Waals surface area contributed by atoms with Gasteiger partial charge in [-0.05, 0) is 37.6 Å². The molecule has 0 bridgehead atoms. The minimum absolute atomic E-state index is 0.0896.